The molecule has 0 saturated carbocycles. The third-order valence-electron chi connectivity index (χ3n) is 7.59. The van der Waals surface area contributed by atoms with Crippen LogP contribution in [0.3, 0.4) is 0 Å². The molecule has 0 aliphatic carbocycles. The first-order chi connectivity index (χ1) is 19.5. The van der Waals surface area contributed by atoms with E-state index in [2.05, 4.69) is 158 Å². The SMILES string of the molecule is C[Si](C)=[Zr+2].Cc1cc2c(-c3ccccc3)ccc(C)c2[cH-]1.Cc1ccc(-c2cccc3[cH-]c(C(C)C)cc23)cc1C.[Cl-].[Cl-]. The van der Waals surface area contributed by atoms with E-state index in [-0.39, 0.29) is 30.2 Å². The second-order valence-electron chi connectivity index (χ2n) is 11.7. The van der Waals surface area contributed by atoms with Gasteiger partial charge in [-0.1, -0.05) is 99.5 Å². The molecule has 0 atom stereocenters. The minimum Gasteiger partial charge on any atom is -1.00 e. The predicted octanol–water partition coefficient (Wildman–Crippen LogP) is 5.60. The molecule has 0 bridgehead atoms. The van der Waals surface area contributed by atoms with Gasteiger partial charge in [-0.25, -0.2) is 0 Å². The molecule has 222 valence electrons. The van der Waals surface area contributed by atoms with Gasteiger partial charge in [0.15, 0.2) is 0 Å². The van der Waals surface area contributed by atoms with Crippen LogP contribution in [-0.4, -0.2) is 5.43 Å². The number of rotatable bonds is 3. The molecule has 4 heteroatoms. The molecule has 0 fully saturated rings. The van der Waals surface area contributed by atoms with Crippen molar-refractivity contribution in [2.45, 2.75) is 60.6 Å². The van der Waals surface area contributed by atoms with Gasteiger partial charge in [-0.3, -0.25) is 0 Å². The number of fused-ring (bicyclic) bond motifs is 2. The van der Waals surface area contributed by atoms with E-state index in [9.17, 15) is 0 Å². The van der Waals surface area contributed by atoms with Gasteiger partial charge in [0.2, 0.25) is 0 Å². The first-order valence-corrected chi connectivity index (χ1v) is 20.7. The van der Waals surface area contributed by atoms with E-state index in [0.29, 0.717) is 5.92 Å². The first-order valence-electron chi connectivity index (χ1n) is 14.6. The molecule has 6 aromatic rings. The van der Waals surface area contributed by atoms with Crippen LogP contribution < -0.4 is 24.8 Å². The number of benzene rings is 4. The van der Waals surface area contributed by atoms with Crippen LogP contribution in [0.1, 0.15) is 47.6 Å². The number of aryl methyl sites for hydroxylation is 4. The summed E-state index contributed by atoms with van der Waals surface area (Å²) in [5.41, 5.74) is 12.3. The molecule has 6 rings (SSSR count). The Morgan fingerprint density at radius 3 is 1.86 bits per heavy atom. The van der Waals surface area contributed by atoms with Gasteiger partial charge in [-0.2, -0.15) is 12.1 Å². The Kier molecular flexibility index (Phi) is 14.4. The summed E-state index contributed by atoms with van der Waals surface area (Å²) in [6, 6.07) is 37.6. The van der Waals surface area contributed by atoms with E-state index in [0.717, 1.165) is 0 Å². The fourth-order valence-corrected chi connectivity index (χ4v) is 5.21. The van der Waals surface area contributed by atoms with E-state index in [1.54, 1.807) is 23.3 Å². The number of hydrogen-bond acceptors (Lipinski definition) is 0. The molecular weight excluding hydrogens is 659 g/mol. The van der Waals surface area contributed by atoms with Gasteiger partial charge in [0, 0.05) is 0 Å². The summed E-state index contributed by atoms with van der Waals surface area (Å²) >= 11 is 1.74. The summed E-state index contributed by atoms with van der Waals surface area (Å²) in [4.78, 5) is 0. The van der Waals surface area contributed by atoms with Crippen LogP contribution in [0.4, 0.5) is 0 Å². The molecule has 0 aliphatic heterocycles. The molecule has 0 spiro atoms. The van der Waals surface area contributed by atoms with Crippen molar-refractivity contribution >= 4 is 27.0 Å². The van der Waals surface area contributed by atoms with Crippen molar-refractivity contribution in [1.82, 2.24) is 0 Å². The van der Waals surface area contributed by atoms with E-state index in [1.807, 2.05) is 0 Å². The van der Waals surface area contributed by atoms with Crippen molar-refractivity contribution in [3.8, 4) is 22.3 Å². The minimum absolute atomic E-state index is 0. The summed E-state index contributed by atoms with van der Waals surface area (Å²) in [5.74, 6) is 0.579. The van der Waals surface area contributed by atoms with Crippen molar-refractivity contribution in [2.24, 2.45) is 0 Å². The molecule has 0 N–H and O–H groups in total. The third-order valence-corrected chi connectivity index (χ3v) is 7.59. The van der Waals surface area contributed by atoms with Crippen LogP contribution in [0.15, 0.2) is 103 Å². The minimum atomic E-state index is 0. The average Bonchev–Trinajstić information content (AvgIpc) is 3.55. The quantitative estimate of drug-likeness (QED) is 0.167. The molecular formula is C39H42Cl2SiZr-2. The summed E-state index contributed by atoms with van der Waals surface area (Å²) in [7, 11) is 0. The Morgan fingerprint density at radius 1 is 0.605 bits per heavy atom. The summed E-state index contributed by atoms with van der Waals surface area (Å²) in [6.45, 7) is 17.8. The Labute approximate surface area is 286 Å². The van der Waals surface area contributed by atoms with E-state index in [4.69, 9.17) is 0 Å². The van der Waals surface area contributed by atoms with Crippen LogP contribution in [0.5, 0.6) is 0 Å². The van der Waals surface area contributed by atoms with Gasteiger partial charge in [0.25, 0.3) is 0 Å². The average molecular weight is 701 g/mol. The standard InChI is InChI=1S/C20H21.C17H15.C2H6Si.2ClH.Zr/c1-13(2)18-11-16-6-5-7-19(20(16)12-18)17-9-8-14(3)15(4)10-17;1-12-10-16-13(2)8-9-15(17(16)11-12)14-6-4-3-5-7-14;1-3-2;;;/h5-13H,1-4H3;3-11H,1-2H3;1-2H3;2*1H;/q2*-1;;;;+2/p-2. The van der Waals surface area contributed by atoms with Crippen molar-refractivity contribution in [1.29, 1.82) is 0 Å². The predicted molar refractivity (Wildman–Crippen MR) is 180 cm³/mol. The summed E-state index contributed by atoms with van der Waals surface area (Å²) in [5, 5.41) is 5.47. The van der Waals surface area contributed by atoms with Crippen LogP contribution in [0.25, 0.3) is 43.8 Å². The zero-order valence-electron chi connectivity index (χ0n) is 26.6. The second kappa shape index (κ2) is 16.7. The van der Waals surface area contributed by atoms with Crippen LogP contribution >= 0.6 is 0 Å². The monoisotopic (exact) mass is 698 g/mol. The molecule has 0 nitrogen and oxygen atoms in total. The van der Waals surface area contributed by atoms with Crippen molar-refractivity contribution < 1.29 is 48.1 Å². The molecule has 0 amide bonds. The smallest absolute Gasteiger partial charge is 0.0276 e. The molecule has 0 unspecified atom stereocenters. The molecule has 6 aromatic carbocycles. The zero-order valence-corrected chi connectivity index (χ0v) is 31.6. The van der Waals surface area contributed by atoms with Crippen molar-refractivity contribution in [3.63, 3.8) is 0 Å². The van der Waals surface area contributed by atoms with Gasteiger partial charge in [-0.05, 0) is 42.0 Å². The van der Waals surface area contributed by atoms with Gasteiger partial charge < -0.3 is 24.8 Å². The molecule has 43 heavy (non-hydrogen) atoms. The van der Waals surface area contributed by atoms with E-state index >= 15 is 0 Å². The largest absolute Gasteiger partial charge is 1.00 e. The van der Waals surface area contributed by atoms with Gasteiger partial charge >= 0.3 is 41.9 Å². The molecule has 0 saturated heterocycles. The maximum atomic E-state index is 2.35. The van der Waals surface area contributed by atoms with Crippen LogP contribution in [0, 0.1) is 27.7 Å². The fourth-order valence-electron chi connectivity index (χ4n) is 5.21. The zero-order chi connectivity index (χ0) is 29.7. The van der Waals surface area contributed by atoms with Crippen molar-refractivity contribution in [2.75, 3.05) is 0 Å². The van der Waals surface area contributed by atoms with Crippen LogP contribution in [-0.2, 0) is 23.3 Å². The Bertz CT molecular complexity index is 1790. The second-order valence-corrected chi connectivity index (χ2v) is 21.1. The maximum Gasteiger partial charge on any atom is -0.0276 e. The van der Waals surface area contributed by atoms with E-state index < -0.39 is 0 Å². The third kappa shape index (κ3) is 9.39. The molecule has 0 aromatic heterocycles. The van der Waals surface area contributed by atoms with Crippen molar-refractivity contribution in [3.05, 3.63) is 131 Å². The molecule has 0 heterocycles. The number of hydrogen-bond donors (Lipinski definition) is 0. The summed E-state index contributed by atoms with van der Waals surface area (Å²) < 4.78 is 0. The van der Waals surface area contributed by atoms with Gasteiger partial charge in [0.1, 0.15) is 0 Å². The topological polar surface area (TPSA) is 0 Å². The van der Waals surface area contributed by atoms with Crippen LogP contribution in [0.2, 0.25) is 13.1 Å². The Morgan fingerprint density at radius 2 is 1.23 bits per heavy atom. The Balaban J connectivity index is 0.000000259. The van der Waals surface area contributed by atoms with Gasteiger partial charge in [-0.15, -0.1) is 68.6 Å². The summed E-state index contributed by atoms with van der Waals surface area (Å²) in [6.07, 6.45) is 0. The fraction of sp³-hybridized carbons (Fsp3) is 0.231. The Hall–Kier alpha value is -2.22. The first kappa shape index (κ1) is 37.0. The molecule has 0 radical (unpaired) electrons. The maximum absolute atomic E-state index is 2.35. The van der Waals surface area contributed by atoms with Gasteiger partial charge in [0.05, 0.1) is 0 Å². The molecule has 0 aliphatic rings. The normalized spacial score (nSPS) is 10.3. The van der Waals surface area contributed by atoms with E-state index in [1.165, 1.54) is 71.6 Å². The number of halogens is 2.